The Morgan fingerprint density at radius 3 is 3.06 bits per heavy atom. The lowest BCUT2D eigenvalue weighted by Gasteiger charge is -2.19. The van der Waals surface area contributed by atoms with E-state index in [1.165, 1.54) is 32.0 Å². The second-order valence-electron chi connectivity index (χ2n) is 5.48. The molecule has 2 fully saturated rings. The van der Waals surface area contributed by atoms with Crippen LogP contribution in [0.4, 0.5) is 0 Å². The summed E-state index contributed by atoms with van der Waals surface area (Å²) in [6, 6.07) is 0. The van der Waals surface area contributed by atoms with E-state index < -0.39 is 0 Å². The van der Waals surface area contributed by atoms with Gasteiger partial charge in [0, 0.05) is 6.42 Å². The molecule has 1 N–H and O–H groups in total. The molecule has 4 rings (SSSR count). The van der Waals surface area contributed by atoms with Gasteiger partial charge in [0.2, 0.25) is 11.7 Å². The van der Waals surface area contributed by atoms with E-state index in [2.05, 4.69) is 25.3 Å². The van der Waals surface area contributed by atoms with Gasteiger partial charge in [-0.05, 0) is 37.0 Å². The Kier molecular flexibility index (Phi) is 2.21. The van der Waals surface area contributed by atoms with Gasteiger partial charge in [-0.2, -0.15) is 10.1 Å². The average Bonchev–Trinajstić information content (AvgIpc) is 3.14. The fourth-order valence-electron chi connectivity index (χ4n) is 3.60. The zero-order valence-electron chi connectivity index (χ0n) is 10.0. The maximum Gasteiger partial charge on any atom is 0.239 e. The SMILES string of the molecule is c1n[nH]c(-c2noc(CC3CC4CCC3C4)n2)n1. The van der Waals surface area contributed by atoms with E-state index in [1.54, 1.807) is 0 Å². The van der Waals surface area contributed by atoms with Crippen LogP contribution in [0.3, 0.4) is 0 Å². The highest BCUT2D eigenvalue weighted by atomic mass is 16.5. The van der Waals surface area contributed by atoms with Gasteiger partial charge in [-0.15, -0.1) is 0 Å². The molecule has 0 spiro atoms. The number of nitrogens with zero attached hydrogens (tertiary/aromatic N) is 4. The zero-order valence-corrected chi connectivity index (χ0v) is 10.0. The van der Waals surface area contributed by atoms with Gasteiger partial charge in [0.15, 0.2) is 5.82 Å². The second kappa shape index (κ2) is 3.90. The number of hydrogen-bond acceptors (Lipinski definition) is 5. The highest BCUT2D eigenvalue weighted by molar-refractivity contribution is 5.39. The number of fused-ring (bicyclic) bond motifs is 2. The molecule has 3 atom stereocenters. The first kappa shape index (κ1) is 10.2. The summed E-state index contributed by atoms with van der Waals surface area (Å²) in [6.45, 7) is 0. The summed E-state index contributed by atoms with van der Waals surface area (Å²) in [6.07, 6.45) is 7.93. The summed E-state index contributed by atoms with van der Waals surface area (Å²) < 4.78 is 5.31. The van der Waals surface area contributed by atoms with E-state index in [-0.39, 0.29) is 0 Å². The van der Waals surface area contributed by atoms with Gasteiger partial charge in [0.05, 0.1) is 0 Å². The Hall–Kier alpha value is -1.72. The minimum atomic E-state index is 0.505. The molecule has 0 amide bonds. The quantitative estimate of drug-likeness (QED) is 0.892. The van der Waals surface area contributed by atoms with E-state index in [0.717, 1.165) is 30.1 Å². The number of rotatable bonds is 3. The van der Waals surface area contributed by atoms with Gasteiger partial charge in [0.25, 0.3) is 0 Å². The molecule has 0 aromatic carbocycles. The van der Waals surface area contributed by atoms with Crippen molar-refractivity contribution in [2.45, 2.75) is 32.1 Å². The van der Waals surface area contributed by atoms with E-state index in [0.29, 0.717) is 11.6 Å². The van der Waals surface area contributed by atoms with E-state index in [1.807, 2.05) is 0 Å². The Balaban J connectivity index is 1.49. The van der Waals surface area contributed by atoms with Crippen molar-refractivity contribution >= 4 is 0 Å². The molecule has 6 nitrogen and oxygen atoms in total. The van der Waals surface area contributed by atoms with Crippen molar-refractivity contribution in [3.63, 3.8) is 0 Å². The van der Waals surface area contributed by atoms with Crippen LogP contribution in [0.5, 0.6) is 0 Å². The van der Waals surface area contributed by atoms with Crippen molar-refractivity contribution in [1.29, 1.82) is 0 Å². The highest BCUT2D eigenvalue weighted by Gasteiger charge is 2.40. The molecule has 2 heterocycles. The monoisotopic (exact) mass is 245 g/mol. The molecular formula is C12H15N5O. The smallest absolute Gasteiger partial charge is 0.239 e. The fraction of sp³-hybridized carbons (Fsp3) is 0.667. The fourth-order valence-corrected chi connectivity index (χ4v) is 3.60. The van der Waals surface area contributed by atoms with Crippen LogP contribution in [0.2, 0.25) is 0 Å². The van der Waals surface area contributed by atoms with Crippen molar-refractivity contribution in [2.75, 3.05) is 0 Å². The molecule has 0 saturated heterocycles. The maximum absolute atomic E-state index is 5.31. The summed E-state index contributed by atoms with van der Waals surface area (Å²) in [7, 11) is 0. The van der Waals surface area contributed by atoms with Crippen molar-refractivity contribution in [2.24, 2.45) is 17.8 Å². The molecule has 2 aliphatic rings. The van der Waals surface area contributed by atoms with Crippen LogP contribution in [0.15, 0.2) is 10.9 Å². The summed E-state index contributed by atoms with van der Waals surface area (Å²) in [4.78, 5) is 8.41. The summed E-state index contributed by atoms with van der Waals surface area (Å²) >= 11 is 0. The molecule has 2 bridgehead atoms. The molecule has 0 aliphatic heterocycles. The molecule has 0 radical (unpaired) electrons. The topological polar surface area (TPSA) is 80.5 Å². The normalized spacial score (nSPS) is 30.1. The van der Waals surface area contributed by atoms with Gasteiger partial charge < -0.3 is 4.52 Å². The zero-order chi connectivity index (χ0) is 11.9. The predicted octanol–water partition coefficient (Wildman–Crippen LogP) is 1.83. The lowest BCUT2D eigenvalue weighted by molar-refractivity contribution is 0.288. The number of hydrogen-bond donors (Lipinski definition) is 1. The van der Waals surface area contributed by atoms with Gasteiger partial charge in [0.1, 0.15) is 6.33 Å². The Morgan fingerprint density at radius 2 is 2.33 bits per heavy atom. The number of aromatic nitrogens is 5. The third-order valence-electron chi connectivity index (χ3n) is 4.42. The second-order valence-corrected chi connectivity index (χ2v) is 5.48. The van der Waals surface area contributed by atoms with Crippen molar-refractivity contribution in [3.8, 4) is 11.6 Å². The molecule has 2 aromatic rings. The van der Waals surface area contributed by atoms with E-state index >= 15 is 0 Å². The lowest BCUT2D eigenvalue weighted by Crippen LogP contribution is -2.13. The summed E-state index contributed by atoms with van der Waals surface area (Å²) in [5, 5.41) is 10.5. The average molecular weight is 245 g/mol. The largest absolute Gasteiger partial charge is 0.339 e. The van der Waals surface area contributed by atoms with Gasteiger partial charge >= 0.3 is 0 Å². The van der Waals surface area contributed by atoms with Gasteiger partial charge in [-0.1, -0.05) is 11.6 Å². The molecule has 2 aliphatic carbocycles. The van der Waals surface area contributed by atoms with Crippen LogP contribution in [0.1, 0.15) is 31.6 Å². The summed E-state index contributed by atoms with van der Waals surface area (Å²) in [5.74, 6) is 4.39. The molecule has 3 unspecified atom stereocenters. The van der Waals surface area contributed by atoms with Crippen LogP contribution in [-0.2, 0) is 6.42 Å². The molecule has 94 valence electrons. The van der Waals surface area contributed by atoms with Crippen LogP contribution in [-0.4, -0.2) is 25.3 Å². The van der Waals surface area contributed by atoms with Gasteiger partial charge in [-0.3, -0.25) is 5.10 Å². The van der Waals surface area contributed by atoms with Crippen molar-refractivity contribution < 1.29 is 4.52 Å². The number of H-pyrrole nitrogens is 1. The van der Waals surface area contributed by atoms with Crippen LogP contribution in [0, 0.1) is 17.8 Å². The number of nitrogens with one attached hydrogen (secondary N) is 1. The lowest BCUT2D eigenvalue weighted by atomic mass is 9.86. The maximum atomic E-state index is 5.31. The first-order valence-corrected chi connectivity index (χ1v) is 6.57. The number of aromatic amines is 1. The standard InChI is InChI=1S/C12H15N5O/c1-2-8-3-7(1)4-9(8)5-10-15-12(17-18-10)11-13-6-14-16-11/h6-9H,1-5H2,(H,13,14,16). The minimum Gasteiger partial charge on any atom is -0.339 e. The third kappa shape index (κ3) is 1.63. The molecule has 6 heteroatoms. The van der Waals surface area contributed by atoms with Crippen LogP contribution in [0.25, 0.3) is 11.6 Å². The molecule has 2 saturated carbocycles. The molecule has 18 heavy (non-hydrogen) atoms. The van der Waals surface area contributed by atoms with Crippen molar-refractivity contribution in [3.05, 3.63) is 12.2 Å². The minimum absolute atomic E-state index is 0.505. The Labute approximate surface area is 104 Å². The van der Waals surface area contributed by atoms with Crippen molar-refractivity contribution in [1.82, 2.24) is 25.3 Å². The first-order valence-electron chi connectivity index (χ1n) is 6.57. The summed E-state index contributed by atoms with van der Waals surface area (Å²) in [5.41, 5.74) is 0. The first-order chi connectivity index (χ1) is 8.88. The Bertz CT molecular complexity index is 534. The van der Waals surface area contributed by atoms with Crippen LogP contribution >= 0.6 is 0 Å². The van der Waals surface area contributed by atoms with Crippen LogP contribution < -0.4 is 0 Å². The van der Waals surface area contributed by atoms with E-state index in [9.17, 15) is 0 Å². The Morgan fingerprint density at radius 1 is 1.33 bits per heavy atom. The molecule has 2 aromatic heterocycles. The van der Waals surface area contributed by atoms with Gasteiger partial charge in [-0.25, -0.2) is 4.98 Å². The predicted molar refractivity (Wildman–Crippen MR) is 62.3 cm³/mol. The van der Waals surface area contributed by atoms with E-state index in [4.69, 9.17) is 4.52 Å². The molecular weight excluding hydrogens is 230 g/mol. The third-order valence-corrected chi connectivity index (χ3v) is 4.42. The highest BCUT2D eigenvalue weighted by Crippen LogP contribution is 2.49.